The Morgan fingerprint density at radius 1 is 1.16 bits per heavy atom. The first kappa shape index (κ1) is 23.6. The van der Waals surface area contributed by atoms with Crippen LogP contribution in [0, 0.1) is 11.7 Å². The van der Waals surface area contributed by atoms with Crippen LogP contribution in [0.5, 0.6) is 0 Å². The molecule has 1 aromatic rings. The molecule has 0 bridgehead atoms. The molecule has 0 unspecified atom stereocenters. The third-order valence-electron chi connectivity index (χ3n) is 5.48. The molecule has 0 spiro atoms. The molecule has 2 atom stereocenters. The number of sulfonamides is 1. The average Bonchev–Trinajstić information content (AvgIpc) is 3.06. The van der Waals surface area contributed by atoms with Gasteiger partial charge in [0.05, 0.1) is 22.3 Å². The van der Waals surface area contributed by atoms with E-state index in [2.05, 4.69) is 5.32 Å². The summed E-state index contributed by atoms with van der Waals surface area (Å²) in [6, 6.07) is 4.05. The van der Waals surface area contributed by atoms with E-state index in [9.17, 15) is 30.8 Å². The maximum absolute atomic E-state index is 13.1. The Balaban J connectivity index is 1.49. The molecule has 1 amide bonds. The standard InChI is InChI=1S/C19H25FN2O7S2/c1-13(18(23)21-16-8-11-30(25,26)12-16)29-19(24)14-6-9-22(10-7-14)31(27,28)17-4-2-15(20)3-5-17/h2-5,13-14,16H,6-12H2,1H3,(H,21,23)/t13-,16+/m0/s1. The number of amides is 1. The topological polar surface area (TPSA) is 127 Å². The number of esters is 1. The van der Waals surface area contributed by atoms with E-state index in [1.807, 2.05) is 0 Å². The number of rotatable bonds is 6. The van der Waals surface area contributed by atoms with Crippen molar-refractivity contribution in [2.24, 2.45) is 5.92 Å². The second kappa shape index (κ2) is 9.21. The van der Waals surface area contributed by atoms with E-state index < -0.39 is 55.6 Å². The van der Waals surface area contributed by atoms with Gasteiger partial charge in [-0.15, -0.1) is 0 Å². The number of nitrogens with zero attached hydrogens (tertiary/aromatic N) is 1. The van der Waals surface area contributed by atoms with Crippen LogP contribution in [0.1, 0.15) is 26.2 Å². The van der Waals surface area contributed by atoms with E-state index in [0.717, 1.165) is 12.1 Å². The molecule has 2 saturated heterocycles. The van der Waals surface area contributed by atoms with Crippen LogP contribution in [-0.2, 0) is 34.2 Å². The van der Waals surface area contributed by atoms with Gasteiger partial charge in [0.2, 0.25) is 10.0 Å². The van der Waals surface area contributed by atoms with Gasteiger partial charge in [-0.3, -0.25) is 9.59 Å². The van der Waals surface area contributed by atoms with E-state index in [1.54, 1.807) is 0 Å². The minimum Gasteiger partial charge on any atom is -0.452 e. The number of hydrogen-bond donors (Lipinski definition) is 1. The maximum Gasteiger partial charge on any atom is 0.309 e. The van der Waals surface area contributed by atoms with Crippen LogP contribution >= 0.6 is 0 Å². The van der Waals surface area contributed by atoms with Crippen LogP contribution in [0.3, 0.4) is 0 Å². The molecule has 1 aromatic carbocycles. The molecule has 172 valence electrons. The van der Waals surface area contributed by atoms with E-state index >= 15 is 0 Å². The van der Waals surface area contributed by atoms with Crippen molar-refractivity contribution < 1.29 is 35.6 Å². The smallest absolute Gasteiger partial charge is 0.309 e. The largest absolute Gasteiger partial charge is 0.452 e. The zero-order chi connectivity index (χ0) is 22.8. The number of piperidine rings is 1. The first-order valence-corrected chi connectivity index (χ1v) is 13.2. The predicted octanol–water partition coefficient (Wildman–Crippen LogP) is 0.461. The van der Waals surface area contributed by atoms with Crippen LogP contribution in [-0.4, -0.2) is 69.8 Å². The lowest BCUT2D eigenvalue weighted by molar-refractivity contribution is -0.160. The Morgan fingerprint density at radius 2 is 1.77 bits per heavy atom. The summed E-state index contributed by atoms with van der Waals surface area (Å²) >= 11 is 0. The molecule has 0 aliphatic carbocycles. The number of nitrogens with one attached hydrogen (secondary N) is 1. The van der Waals surface area contributed by atoms with Gasteiger partial charge in [-0.1, -0.05) is 0 Å². The first-order valence-electron chi connectivity index (χ1n) is 9.95. The van der Waals surface area contributed by atoms with Crippen molar-refractivity contribution >= 4 is 31.7 Å². The monoisotopic (exact) mass is 476 g/mol. The lowest BCUT2D eigenvalue weighted by Crippen LogP contribution is -2.44. The van der Waals surface area contributed by atoms with Crippen LogP contribution < -0.4 is 5.32 Å². The minimum atomic E-state index is -3.79. The van der Waals surface area contributed by atoms with Gasteiger partial charge in [0.1, 0.15) is 5.82 Å². The number of halogens is 1. The SMILES string of the molecule is C[C@H](OC(=O)C1CCN(S(=O)(=O)c2ccc(F)cc2)CC1)C(=O)N[C@@H]1CCS(=O)(=O)C1. The Kier molecular flexibility index (Phi) is 7.01. The van der Waals surface area contributed by atoms with Crippen molar-refractivity contribution in [3.8, 4) is 0 Å². The quantitative estimate of drug-likeness (QED) is 0.591. The highest BCUT2D eigenvalue weighted by atomic mass is 32.2. The molecule has 0 radical (unpaired) electrons. The van der Waals surface area contributed by atoms with Crippen molar-refractivity contribution in [2.45, 2.75) is 43.2 Å². The summed E-state index contributed by atoms with van der Waals surface area (Å²) in [7, 11) is -6.93. The van der Waals surface area contributed by atoms with Gasteiger partial charge < -0.3 is 10.1 Å². The van der Waals surface area contributed by atoms with E-state index in [0.29, 0.717) is 6.42 Å². The lowest BCUT2D eigenvalue weighted by Gasteiger charge is -2.30. The normalized spacial score (nSPS) is 23.2. The van der Waals surface area contributed by atoms with Crippen LogP contribution in [0.2, 0.25) is 0 Å². The number of hydrogen-bond acceptors (Lipinski definition) is 7. The van der Waals surface area contributed by atoms with Gasteiger partial charge in [-0.05, 0) is 50.5 Å². The van der Waals surface area contributed by atoms with Gasteiger partial charge in [0, 0.05) is 19.1 Å². The summed E-state index contributed by atoms with van der Waals surface area (Å²) in [4.78, 5) is 24.6. The van der Waals surface area contributed by atoms with Gasteiger partial charge in [0.25, 0.3) is 5.91 Å². The van der Waals surface area contributed by atoms with Crippen molar-refractivity contribution in [3.05, 3.63) is 30.1 Å². The summed E-state index contributed by atoms with van der Waals surface area (Å²) < 4.78 is 67.8. The number of sulfone groups is 1. The Morgan fingerprint density at radius 3 is 2.32 bits per heavy atom. The molecule has 2 aliphatic rings. The van der Waals surface area contributed by atoms with E-state index in [1.165, 1.54) is 23.4 Å². The maximum atomic E-state index is 13.1. The highest BCUT2D eigenvalue weighted by Crippen LogP contribution is 2.25. The molecule has 2 aliphatic heterocycles. The molecule has 2 heterocycles. The molecular formula is C19H25FN2O7S2. The number of ether oxygens (including phenoxy) is 1. The zero-order valence-electron chi connectivity index (χ0n) is 17.0. The predicted molar refractivity (Wildman–Crippen MR) is 109 cm³/mol. The highest BCUT2D eigenvalue weighted by Gasteiger charge is 2.35. The van der Waals surface area contributed by atoms with Gasteiger partial charge >= 0.3 is 5.97 Å². The zero-order valence-corrected chi connectivity index (χ0v) is 18.6. The summed E-state index contributed by atoms with van der Waals surface area (Å²) in [6.07, 6.45) is -0.296. The number of carbonyl (C=O) groups excluding carboxylic acids is 2. The number of carbonyl (C=O) groups is 2. The summed E-state index contributed by atoms with van der Waals surface area (Å²) in [5.74, 6) is -2.35. The number of benzene rings is 1. The fourth-order valence-corrected chi connectivity index (χ4v) is 6.78. The molecular weight excluding hydrogens is 451 g/mol. The van der Waals surface area contributed by atoms with Crippen molar-refractivity contribution in [3.63, 3.8) is 0 Å². The third-order valence-corrected chi connectivity index (χ3v) is 9.16. The fourth-order valence-electron chi connectivity index (χ4n) is 3.64. The Bertz CT molecular complexity index is 1030. The molecule has 0 aromatic heterocycles. The molecule has 2 fully saturated rings. The summed E-state index contributed by atoms with van der Waals surface area (Å²) in [5.41, 5.74) is 0. The Labute approximate surface area is 180 Å². The second-order valence-electron chi connectivity index (χ2n) is 7.82. The first-order chi connectivity index (χ1) is 14.5. The van der Waals surface area contributed by atoms with E-state index in [-0.39, 0.29) is 42.3 Å². The lowest BCUT2D eigenvalue weighted by atomic mass is 9.98. The van der Waals surface area contributed by atoms with Crippen LogP contribution in [0.4, 0.5) is 4.39 Å². The average molecular weight is 477 g/mol. The molecule has 0 saturated carbocycles. The molecule has 3 rings (SSSR count). The fraction of sp³-hybridized carbons (Fsp3) is 0.579. The molecule has 9 nitrogen and oxygen atoms in total. The third kappa shape index (κ3) is 5.80. The summed E-state index contributed by atoms with van der Waals surface area (Å²) in [5, 5.41) is 2.58. The van der Waals surface area contributed by atoms with Crippen molar-refractivity contribution in [1.82, 2.24) is 9.62 Å². The van der Waals surface area contributed by atoms with Crippen LogP contribution in [0.25, 0.3) is 0 Å². The molecule has 1 N–H and O–H groups in total. The van der Waals surface area contributed by atoms with Crippen molar-refractivity contribution in [1.29, 1.82) is 0 Å². The van der Waals surface area contributed by atoms with Crippen molar-refractivity contribution in [2.75, 3.05) is 24.6 Å². The van der Waals surface area contributed by atoms with Crippen LogP contribution in [0.15, 0.2) is 29.2 Å². The van der Waals surface area contributed by atoms with E-state index in [4.69, 9.17) is 4.74 Å². The molecule has 12 heteroatoms. The molecule has 31 heavy (non-hydrogen) atoms. The minimum absolute atomic E-state index is 0.0193. The summed E-state index contributed by atoms with van der Waals surface area (Å²) in [6.45, 7) is 1.60. The highest BCUT2D eigenvalue weighted by molar-refractivity contribution is 7.91. The van der Waals surface area contributed by atoms with Gasteiger partial charge in [-0.2, -0.15) is 4.31 Å². The van der Waals surface area contributed by atoms with Gasteiger partial charge in [0.15, 0.2) is 15.9 Å². The van der Waals surface area contributed by atoms with Gasteiger partial charge in [-0.25, -0.2) is 21.2 Å². The Hall–Kier alpha value is -2.05. The second-order valence-corrected chi connectivity index (χ2v) is 12.0.